The van der Waals surface area contributed by atoms with Crippen molar-refractivity contribution < 1.29 is 14.1 Å². The molecular formula is C13H10FN3O3. The predicted molar refractivity (Wildman–Crippen MR) is 70.0 cm³/mol. The van der Waals surface area contributed by atoms with E-state index >= 15 is 0 Å². The molecule has 2 rings (SSSR count). The Labute approximate surface area is 113 Å². The minimum Gasteiger partial charge on any atom is -0.306 e. The highest BCUT2D eigenvalue weighted by atomic mass is 19.1. The van der Waals surface area contributed by atoms with E-state index in [-0.39, 0.29) is 17.1 Å². The van der Waals surface area contributed by atoms with Gasteiger partial charge in [0.1, 0.15) is 17.8 Å². The van der Waals surface area contributed by atoms with E-state index in [1.54, 1.807) is 6.92 Å². The monoisotopic (exact) mass is 275 g/mol. The summed E-state index contributed by atoms with van der Waals surface area (Å²) in [6, 6.07) is 6.33. The Morgan fingerprint density at radius 1 is 1.35 bits per heavy atom. The number of carbonyl (C=O) groups excluding carboxylic acids is 1. The van der Waals surface area contributed by atoms with Gasteiger partial charge in [-0.15, -0.1) is 0 Å². The molecule has 102 valence electrons. The van der Waals surface area contributed by atoms with E-state index < -0.39 is 16.6 Å². The smallest absolute Gasteiger partial charge is 0.287 e. The van der Waals surface area contributed by atoms with Gasteiger partial charge >= 0.3 is 0 Å². The first-order valence-corrected chi connectivity index (χ1v) is 5.65. The molecular weight excluding hydrogens is 265 g/mol. The fraction of sp³-hybridized carbons (Fsp3) is 0.0769. The third-order valence-corrected chi connectivity index (χ3v) is 2.61. The largest absolute Gasteiger partial charge is 0.306 e. The van der Waals surface area contributed by atoms with Crippen molar-refractivity contribution in [1.29, 1.82) is 0 Å². The molecule has 1 N–H and O–H groups in total. The van der Waals surface area contributed by atoms with Gasteiger partial charge in [0.05, 0.1) is 4.92 Å². The first kappa shape index (κ1) is 13.6. The van der Waals surface area contributed by atoms with Gasteiger partial charge in [0.2, 0.25) is 0 Å². The van der Waals surface area contributed by atoms with Crippen LogP contribution in [0, 0.1) is 22.9 Å². The number of benzene rings is 1. The van der Waals surface area contributed by atoms with Gasteiger partial charge in [0.15, 0.2) is 0 Å². The van der Waals surface area contributed by atoms with E-state index in [4.69, 9.17) is 0 Å². The van der Waals surface area contributed by atoms with Crippen LogP contribution in [-0.4, -0.2) is 15.8 Å². The van der Waals surface area contributed by atoms with Crippen molar-refractivity contribution in [2.45, 2.75) is 6.92 Å². The maximum absolute atomic E-state index is 12.8. The quantitative estimate of drug-likeness (QED) is 0.689. The van der Waals surface area contributed by atoms with Gasteiger partial charge in [0, 0.05) is 11.6 Å². The van der Waals surface area contributed by atoms with Crippen molar-refractivity contribution in [3.63, 3.8) is 0 Å². The zero-order valence-corrected chi connectivity index (χ0v) is 10.5. The zero-order valence-electron chi connectivity index (χ0n) is 10.5. The van der Waals surface area contributed by atoms with Gasteiger partial charge in [-0.2, -0.15) is 0 Å². The number of hydrogen-bond acceptors (Lipinski definition) is 4. The Morgan fingerprint density at radius 2 is 2.00 bits per heavy atom. The number of carbonyl (C=O) groups is 1. The normalized spacial score (nSPS) is 10.1. The summed E-state index contributed by atoms with van der Waals surface area (Å²) in [5, 5.41) is 13.1. The number of nitrogens with zero attached hydrogens (tertiary/aromatic N) is 2. The average molecular weight is 275 g/mol. The van der Waals surface area contributed by atoms with E-state index in [2.05, 4.69) is 10.3 Å². The van der Waals surface area contributed by atoms with Crippen molar-refractivity contribution >= 4 is 17.4 Å². The molecule has 0 fully saturated rings. The van der Waals surface area contributed by atoms with Crippen LogP contribution in [0.25, 0.3) is 0 Å². The summed E-state index contributed by atoms with van der Waals surface area (Å²) in [4.78, 5) is 25.7. The summed E-state index contributed by atoms with van der Waals surface area (Å²) in [6.45, 7) is 1.60. The first-order chi connectivity index (χ1) is 9.47. The number of halogens is 1. The second-order valence-corrected chi connectivity index (χ2v) is 4.08. The Balaban J connectivity index is 2.19. The molecule has 0 aliphatic rings. The lowest BCUT2D eigenvalue weighted by atomic mass is 10.2. The molecule has 6 nitrogen and oxygen atoms in total. The Hall–Kier alpha value is -2.83. The summed E-state index contributed by atoms with van der Waals surface area (Å²) in [7, 11) is 0. The highest BCUT2D eigenvalue weighted by Crippen LogP contribution is 2.18. The van der Waals surface area contributed by atoms with E-state index in [0.29, 0.717) is 5.56 Å². The molecule has 0 radical (unpaired) electrons. The van der Waals surface area contributed by atoms with Gasteiger partial charge < -0.3 is 5.32 Å². The molecule has 7 heteroatoms. The summed E-state index contributed by atoms with van der Waals surface area (Å²) < 4.78 is 12.8. The SMILES string of the molecule is Cc1cc([N+](=O)[O-])cnc1NC(=O)c1ccc(F)cc1. The minimum absolute atomic E-state index is 0.151. The van der Waals surface area contributed by atoms with E-state index in [9.17, 15) is 19.3 Å². The van der Waals surface area contributed by atoms with Crippen LogP contribution in [0.15, 0.2) is 36.5 Å². The van der Waals surface area contributed by atoms with Gasteiger partial charge in [-0.3, -0.25) is 14.9 Å². The number of anilines is 1. The Morgan fingerprint density at radius 3 is 2.55 bits per heavy atom. The summed E-state index contributed by atoms with van der Waals surface area (Å²) in [6.07, 6.45) is 1.06. The van der Waals surface area contributed by atoms with Crippen LogP contribution in [-0.2, 0) is 0 Å². The number of rotatable bonds is 3. The maximum Gasteiger partial charge on any atom is 0.287 e. The number of amides is 1. The van der Waals surface area contributed by atoms with Crippen LogP contribution in [0.5, 0.6) is 0 Å². The second kappa shape index (κ2) is 5.43. The molecule has 1 heterocycles. The molecule has 0 bridgehead atoms. The van der Waals surface area contributed by atoms with Crippen molar-refractivity contribution in [1.82, 2.24) is 4.98 Å². The molecule has 0 saturated carbocycles. The molecule has 0 atom stereocenters. The standard InChI is InChI=1S/C13H10FN3O3/c1-8-6-11(17(19)20)7-15-12(8)16-13(18)9-2-4-10(14)5-3-9/h2-7H,1H3,(H,15,16,18). The van der Waals surface area contributed by atoms with Crippen LogP contribution >= 0.6 is 0 Å². The molecule has 2 aromatic rings. The number of nitro groups is 1. The molecule has 0 spiro atoms. The molecule has 1 aromatic heterocycles. The summed E-state index contributed by atoms with van der Waals surface area (Å²) >= 11 is 0. The van der Waals surface area contributed by atoms with Gasteiger partial charge in [-0.1, -0.05) is 0 Å². The van der Waals surface area contributed by atoms with Crippen molar-refractivity contribution in [2.24, 2.45) is 0 Å². The van der Waals surface area contributed by atoms with Crippen molar-refractivity contribution in [2.75, 3.05) is 5.32 Å². The highest BCUT2D eigenvalue weighted by molar-refractivity contribution is 6.04. The molecule has 0 aliphatic carbocycles. The molecule has 20 heavy (non-hydrogen) atoms. The average Bonchev–Trinajstić information content (AvgIpc) is 2.41. The molecule has 0 aliphatic heterocycles. The van der Waals surface area contributed by atoms with Crippen LogP contribution in [0.2, 0.25) is 0 Å². The lowest BCUT2D eigenvalue weighted by molar-refractivity contribution is -0.385. The maximum atomic E-state index is 12.8. The fourth-order valence-electron chi connectivity index (χ4n) is 1.57. The Bertz CT molecular complexity index is 671. The van der Waals surface area contributed by atoms with E-state index in [0.717, 1.165) is 6.20 Å². The van der Waals surface area contributed by atoms with Crippen LogP contribution in [0.4, 0.5) is 15.9 Å². The molecule has 1 aromatic carbocycles. The number of aromatic nitrogens is 1. The topological polar surface area (TPSA) is 85.1 Å². The first-order valence-electron chi connectivity index (χ1n) is 5.65. The van der Waals surface area contributed by atoms with Crippen LogP contribution < -0.4 is 5.32 Å². The van der Waals surface area contributed by atoms with Gasteiger partial charge in [-0.05, 0) is 36.8 Å². The lowest BCUT2D eigenvalue weighted by Gasteiger charge is -2.07. The number of aryl methyl sites for hydroxylation is 1. The number of pyridine rings is 1. The van der Waals surface area contributed by atoms with E-state index in [1.807, 2.05) is 0 Å². The third-order valence-electron chi connectivity index (χ3n) is 2.61. The van der Waals surface area contributed by atoms with E-state index in [1.165, 1.54) is 30.3 Å². The minimum atomic E-state index is -0.564. The molecule has 1 amide bonds. The van der Waals surface area contributed by atoms with Crippen LogP contribution in [0.1, 0.15) is 15.9 Å². The van der Waals surface area contributed by atoms with Crippen molar-refractivity contribution in [3.05, 3.63) is 63.6 Å². The fourth-order valence-corrected chi connectivity index (χ4v) is 1.57. The predicted octanol–water partition coefficient (Wildman–Crippen LogP) is 2.69. The van der Waals surface area contributed by atoms with Crippen LogP contribution in [0.3, 0.4) is 0 Å². The number of nitrogens with one attached hydrogen (secondary N) is 1. The second-order valence-electron chi connectivity index (χ2n) is 4.08. The van der Waals surface area contributed by atoms with Gasteiger partial charge in [0.25, 0.3) is 11.6 Å². The number of hydrogen-bond donors (Lipinski definition) is 1. The molecule has 0 unspecified atom stereocenters. The molecule has 0 saturated heterocycles. The summed E-state index contributed by atoms with van der Waals surface area (Å²) in [5.41, 5.74) is 0.586. The third kappa shape index (κ3) is 2.94. The van der Waals surface area contributed by atoms with Crippen molar-refractivity contribution in [3.8, 4) is 0 Å². The lowest BCUT2D eigenvalue weighted by Crippen LogP contribution is -2.14. The summed E-state index contributed by atoms with van der Waals surface area (Å²) in [5.74, 6) is -0.675. The van der Waals surface area contributed by atoms with Gasteiger partial charge in [-0.25, -0.2) is 9.37 Å². The Kier molecular flexibility index (Phi) is 3.69. The highest BCUT2D eigenvalue weighted by Gasteiger charge is 2.12. The zero-order chi connectivity index (χ0) is 14.7.